The Hall–Kier alpha value is -0.200. The summed E-state index contributed by atoms with van der Waals surface area (Å²) in [4.78, 5) is 4.00. The fourth-order valence-electron chi connectivity index (χ4n) is 1.67. The lowest BCUT2D eigenvalue weighted by Crippen LogP contribution is -2.28. The summed E-state index contributed by atoms with van der Waals surface area (Å²) in [5.41, 5.74) is 4.26. The second-order valence-electron chi connectivity index (χ2n) is 4.00. The van der Waals surface area contributed by atoms with E-state index in [4.69, 9.17) is 5.84 Å². The predicted molar refractivity (Wildman–Crippen MR) is 79.6 cm³/mol. The lowest BCUT2D eigenvalue weighted by Gasteiger charge is -2.13. The molecule has 0 fully saturated rings. The van der Waals surface area contributed by atoms with E-state index in [2.05, 4.69) is 52.7 Å². The van der Waals surface area contributed by atoms with Crippen LogP contribution in [0.1, 0.15) is 26.2 Å². The Bertz CT molecular complexity index is 485. The first-order valence-electron chi connectivity index (χ1n) is 5.36. The maximum atomic E-state index is 5.68. The summed E-state index contributed by atoms with van der Waals surface area (Å²) >= 11 is 7.14. The second kappa shape index (κ2) is 5.63. The summed E-state index contributed by atoms with van der Waals surface area (Å²) in [6, 6.07) is 4.51. The molecule has 92 valence electrons. The van der Waals surface area contributed by atoms with E-state index in [0.717, 1.165) is 6.42 Å². The summed E-state index contributed by atoms with van der Waals surface area (Å²) in [6.07, 6.45) is 0.925. The number of halogens is 1. The standard InChI is InChI=1S/C12H15BrN2S2/c1-7-5-12(17-8(7)2)10(15-14)6-11-9(13)3-4-16-11/h3-5,10,15H,6,14H2,1-2H3. The average Bonchev–Trinajstić information content (AvgIpc) is 2.83. The van der Waals surface area contributed by atoms with Gasteiger partial charge in [-0.15, -0.1) is 22.7 Å². The molecule has 2 aromatic heterocycles. The van der Waals surface area contributed by atoms with E-state index in [1.54, 1.807) is 11.3 Å². The molecule has 0 spiro atoms. The first-order valence-corrected chi connectivity index (χ1v) is 7.85. The van der Waals surface area contributed by atoms with Crippen molar-refractivity contribution < 1.29 is 0 Å². The largest absolute Gasteiger partial charge is 0.271 e. The highest BCUT2D eigenvalue weighted by Crippen LogP contribution is 2.32. The highest BCUT2D eigenvalue weighted by Gasteiger charge is 2.16. The normalized spacial score (nSPS) is 12.9. The highest BCUT2D eigenvalue weighted by atomic mass is 79.9. The average molecular weight is 331 g/mol. The van der Waals surface area contributed by atoms with Gasteiger partial charge in [-0.1, -0.05) is 0 Å². The van der Waals surface area contributed by atoms with Gasteiger partial charge in [-0.05, 0) is 52.9 Å². The molecule has 0 saturated heterocycles. The molecule has 1 atom stereocenters. The maximum absolute atomic E-state index is 5.68. The Morgan fingerprint density at radius 3 is 2.71 bits per heavy atom. The van der Waals surface area contributed by atoms with Gasteiger partial charge in [0.05, 0.1) is 6.04 Å². The van der Waals surface area contributed by atoms with Crippen LogP contribution >= 0.6 is 38.6 Å². The highest BCUT2D eigenvalue weighted by molar-refractivity contribution is 9.10. The van der Waals surface area contributed by atoms with Crippen molar-refractivity contribution in [3.63, 3.8) is 0 Å². The summed E-state index contributed by atoms with van der Waals surface area (Å²) in [6.45, 7) is 4.29. The van der Waals surface area contributed by atoms with E-state index in [1.807, 2.05) is 11.3 Å². The monoisotopic (exact) mass is 330 g/mol. The lowest BCUT2D eigenvalue weighted by atomic mass is 10.1. The molecule has 0 amide bonds. The van der Waals surface area contributed by atoms with Crippen molar-refractivity contribution in [3.05, 3.63) is 42.2 Å². The molecule has 0 aliphatic heterocycles. The van der Waals surface area contributed by atoms with Gasteiger partial charge >= 0.3 is 0 Å². The molecule has 17 heavy (non-hydrogen) atoms. The van der Waals surface area contributed by atoms with Gasteiger partial charge in [0, 0.05) is 25.5 Å². The molecule has 3 N–H and O–H groups in total. The summed E-state index contributed by atoms with van der Waals surface area (Å²) in [5.74, 6) is 5.68. The van der Waals surface area contributed by atoms with Crippen LogP contribution in [0.15, 0.2) is 22.0 Å². The number of nitrogens with one attached hydrogen (secondary N) is 1. The molecule has 0 radical (unpaired) electrons. The lowest BCUT2D eigenvalue weighted by molar-refractivity contribution is 0.563. The number of thiophene rings is 2. The van der Waals surface area contributed by atoms with Crippen molar-refractivity contribution in [2.45, 2.75) is 26.3 Å². The fraction of sp³-hybridized carbons (Fsp3) is 0.333. The number of hydrogen-bond acceptors (Lipinski definition) is 4. The van der Waals surface area contributed by atoms with Crippen molar-refractivity contribution in [2.24, 2.45) is 5.84 Å². The Morgan fingerprint density at radius 2 is 2.24 bits per heavy atom. The van der Waals surface area contributed by atoms with Crippen LogP contribution in [-0.2, 0) is 6.42 Å². The van der Waals surface area contributed by atoms with E-state index in [1.165, 1.54) is 24.7 Å². The van der Waals surface area contributed by atoms with Gasteiger partial charge in [0.25, 0.3) is 0 Å². The zero-order valence-electron chi connectivity index (χ0n) is 9.79. The molecule has 5 heteroatoms. The van der Waals surface area contributed by atoms with Crippen LogP contribution in [0.2, 0.25) is 0 Å². The quantitative estimate of drug-likeness (QED) is 0.658. The number of hydrogen-bond donors (Lipinski definition) is 2. The maximum Gasteiger partial charge on any atom is 0.0602 e. The number of aryl methyl sites for hydroxylation is 2. The third kappa shape index (κ3) is 2.98. The molecular formula is C12H15BrN2S2. The summed E-state index contributed by atoms with van der Waals surface area (Å²) in [7, 11) is 0. The molecule has 0 aliphatic carbocycles. The number of rotatable bonds is 4. The van der Waals surface area contributed by atoms with E-state index in [-0.39, 0.29) is 6.04 Å². The predicted octanol–water partition coefficient (Wildman–Crippen LogP) is 3.94. The summed E-state index contributed by atoms with van der Waals surface area (Å²) in [5, 5.41) is 2.10. The molecule has 0 aliphatic rings. The third-order valence-corrected chi connectivity index (χ3v) is 6.03. The topological polar surface area (TPSA) is 38.0 Å². The van der Waals surface area contributed by atoms with Crippen LogP contribution in [0.5, 0.6) is 0 Å². The third-order valence-electron chi connectivity index (χ3n) is 2.81. The van der Waals surface area contributed by atoms with Gasteiger partial charge in [0.15, 0.2) is 0 Å². The van der Waals surface area contributed by atoms with Gasteiger partial charge in [0.1, 0.15) is 0 Å². The van der Waals surface area contributed by atoms with Gasteiger partial charge in [-0.2, -0.15) is 0 Å². The van der Waals surface area contributed by atoms with Crippen molar-refractivity contribution in [3.8, 4) is 0 Å². The summed E-state index contributed by atoms with van der Waals surface area (Å²) < 4.78 is 1.17. The number of nitrogens with two attached hydrogens (primary N) is 1. The van der Waals surface area contributed by atoms with E-state index in [0.29, 0.717) is 0 Å². The van der Waals surface area contributed by atoms with Crippen LogP contribution < -0.4 is 11.3 Å². The first-order chi connectivity index (χ1) is 8.11. The Kier molecular flexibility index (Phi) is 4.38. The van der Waals surface area contributed by atoms with Crippen LogP contribution in [0.4, 0.5) is 0 Å². The minimum atomic E-state index is 0.197. The van der Waals surface area contributed by atoms with Crippen molar-refractivity contribution in [2.75, 3.05) is 0 Å². The van der Waals surface area contributed by atoms with E-state index >= 15 is 0 Å². The minimum absolute atomic E-state index is 0.197. The Labute approximate surface area is 118 Å². The van der Waals surface area contributed by atoms with Crippen LogP contribution in [0.25, 0.3) is 0 Å². The molecule has 2 rings (SSSR count). The van der Waals surface area contributed by atoms with Crippen molar-refractivity contribution in [1.82, 2.24) is 5.43 Å². The van der Waals surface area contributed by atoms with Crippen LogP contribution in [-0.4, -0.2) is 0 Å². The second-order valence-corrected chi connectivity index (χ2v) is 7.15. The fourth-order valence-corrected chi connectivity index (χ4v) is 4.34. The zero-order chi connectivity index (χ0) is 12.4. The SMILES string of the molecule is Cc1cc(C(Cc2sccc2Br)NN)sc1C. The van der Waals surface area contributed by atoms with Gasteiger partial charge in [-0.25, -0.2) is 0 Å². The minimum Gasteiger partial charge on any atom is -0.271 e. The molecule has 0 bridgehead atoms. The van der Waals surface area contributed by atoms with Gasteiger partial charge < -0.3 is 0 Å². The molecule has 2 aromatic rings. The molecule has 1 unspecified atom stereocenters. The van der Waals surface area contributed by atoms with Crippen LogP contribution in [0, 0.1) is 13.8 Å². The van der Waals surface area contributed by atoms with E-state index < -0.39 is 0 Å². The molecule has 2 nitrogen and oxygen atoms in total. The molecule has 2 heterocycles. The molecular weight excluding hydrogens is 316 g/mol. The van der Waals surface area contributed by atoms with Crippen molar-refractivity contribution >= 4 is 38.6 Å². The smallest absolute Gasteiger partial charge is 0.0602 e. The Balaban J connectivity index is 2.20. The molecule has 0 aromatic carbocycles. The first kappa shape index (κ1) is 13.2. The Morgan fingerprint density at radius 1 is 1.47 bits per heavy atom. The molecule has 0 saturated carbocycles. The zero-order valence-corrected chi connectivity index (χ0v) is 13.0. The van der Waals surface area contributed by atoms with Crippen molar-refractivity contribution in [1.29, 1.82) is 0 Å². The van der Waals surface area contributed by atoms with E-state index in [9.17, 15) is 0 Å². The van der Waals surface area contributed by atoms with Gasteiger partial charge in [-0.3, -0.25) is 11.3 Å². The van der Waals surface area contributed by atoms with Gasteiger partial charge in [0.2, 0.25) is 0 Å². The van der Waals surface area contributed by atoms with Crippen LogP contribution in [0.3, 0.4) is 0 Å². The number of hydrazine groups is 1.